The van der Waals surface area contributed by atoms with Crippen molar-refractivity contribution in [2.45, 2.75) is 0 Å². The third kappa shape index (κ3) is 0.598. The van der Waals surface area contributed by atoms with Crippen LogP contribution in [0.4, 0.5) is 4.39 Å². The number of hydrogen-bond acceptors (Lipinski definition) is 0. The minimum Gasteiger partial charge on any atom is -0.207 e. The zero-order valence-electron chi connectivity index (χ0n) is 4.93. The van der Waals surface area contributed by atoms with Crippen molar-refractivity contribution < 1.29 is 8.96 Å². The minimum absolute atomic E-state index is 0.231. The molecule has 1 rings (SSSR count). The van der Waals surface area contributed by atoms with Gasteiger partial charge in [0.05, 0.1) is 14.1 Å². The molecule has 44 valence electrons. The van der Waals surface area contributed by atoms with Crippen LogP contribution in [0.1, 0.15) is 0 Å². The molecule has 3 heteroatoms. The number of aryl methyl sites for hydroxylation is 2. The van der Waals surface area contributed by atoms with Gasteiger partial charge in [0.15, 0.2) is 0 Å². The van der Waals surface area contributed by atoms with E-state index >= 15 is 0 Å². The van der Waals surface area contributed by atoms with E-state index in [0.29, 0.717) is 0 Å². The van der Waals surface area contributed by atoms with E-state index in [4.69, 9.17) is 0 Å². The molecule has 0 N–H and O–H groups in total. The predicted octanol–water partition coefficient (Wildman–Crippen LogP) is -0.0113. The van der Waals surface area contributed by atoms with E-state index in [9.17, 15) is 4.39 Å². The van der Waals surface area contributed by atoms with Gasteiger partial charge < -0.3 is 0 Å². The molecular weight excluding hydrogens is 107 g/mol. The number of nitrogens with zero attached hydrogens (tertiary/aromatic N) is 2. The summed E-state index contributed by atoms with van der Waals surface area (Å²) in [5, 5.41) is 0. The molecule has 0 saturated heterocycles. The van der Waals surface area contributed by atoms with Crippen molar-refractivity contribution in [1.29, 1.82) is 0 Å². The summed E-state index contributed by atoms with van der Waals surface area (Å²) in [4.78, 5) is 0. The van der Waals surface area contributed by atoms with Crippen molar-refractivity contribution in [2.24, 2.45) is 14.1 Å². The molecule has 1 aromatic rings. The zero-order valence-corrected chi connectivity index (χ0v) is 4.93. The number of halogens is 1. The Balaban J connectivity index is 3.19. The maximum Gasteiger partial charge on any atom is 0.445 e. The number of rotatable bonds is 0. The predicted molar refractivity (Wildman–Crippen MR) is 26.5 cm³/mol. The molecule has 0 unspecified atom stereocenters. The molecule has 0 spiro atoms. The minimum atomic E-state index is -0.231. The lowest BCUT2D eigenvalue weighted by atomic mass is 10.9. The normalized spacial score (nSPS) is 9.88. The Labute approximate surface area is 47.2 Å². The van der Waals surface area contributed by atoms with Crippen LogP contribution in [-0.4, -0.2) is 4.57 Å². The highest BCUT2D eigenvalue weighted by atomic mass is 19.1. The van der Waals surface area contributed by atoms with Gasteiger partial charge in [0.25, 0.3) is 0 Å². The maximum absolute atomic E-state index is 12.4. The monoisotopic (exact) mass is 115 g/mol. The fourth-order valence-electron chi connectivity index (χ4n) is 0.572. The van der Waals surface area contributed by atoms with Crippen LogP contribution in [0.2, 0.25) is 0 Å². The second kappa shape index (κ2) is 1.58. The topological polar surface area (TPSA) is 8.81 Å². The molecule has 2 nitrogen and oxygen atoms in total. The standard InChI is InChI=1S/C5H8FN2/c1-7-3-4-8(2)5(7)6/h3-4H,1-2H3/q+1. The van der Waals surface area contributed by atoms with E-state index < -0.39 is 0 Å². The van der Waals surface area contributed by atoms with Gasteiger partial charge in [0, 0.05) is 0 Å². The first-order chi connectivity index (χ1) is 3.72. The molecule has 0 bridgehead atoms. The largest absolute Gasteiger partial charge is 0.445 e. The summed E-state index contributed by atoms with van der Waals surface area (Å²) in [7, 11) is 3.32. The Hall–Kier alpha value is -0.860. The highest BCUT2D eigenvalue weighted by Crippen LogP contribution is 1.84. The smallest absolute Gasteiger partial charge is 0.207 e. The summed E-state index contributed by atoms with van der Waals surface area (Å²) in [6.07, 6.45) is 3.09. The van der Waals surface area contributed by atoms with Crippen LogP contribution >= 0.6 is 0 Å². The summed E-state index contributed by atoms with van der Waals surface area (Å²) >= 11 is 0. The first kappa shape index (κ1) is 5.28. The molecule has 0 saturated carbocycles. The molecule has 0 aliphatic heterocycles. The van der Waals surface area contributed by atoms with Crippen LogP contribution in [-0.2, 0) is 14.1 Å². The van der Waals surface area contributed by atoms with Crippen molar-refractivity contribution in [3.05, 3.63) is 18.5 Å². The van der Waals surface area contributed by atoms with Gasteiger partial charge in [-0.05, 0) is 0 Å². The average Bonchev–Trinajstić information content (AvgIpc) is 1.98. The average molecular weight is 115 g/mol. The zero-order chi connectivity index (χ0) is 6.15. The van der Waals surface area contributed by atoms with Crippen molar-refractivity contribution in [3.63, 3.8) is 0 Å². The van der Waals surface area contributed by atoms with Crippen LogP contribution < -0.4 is 4.57 Å². The highest BCUT2D eigenvalue weighted by Gasteiger charge is 2.06. The lowest BCUT2D eigenvalue weighted by Crippen LogP contribution is -2.30. The molecule has 0 radical (unpaired) electrons. The second-order valence-corrected chi connectivity index (χ2v) is 1.79. The lowest BCUT2D eigenvalue weighted by Gasteiger charge is -1.79. The Morgan fingerprint density at radius 2 is 2.38 bits per heavy atom. The summed E-state index contributed by atoms with van der Waals surface area (Å²) in [6.45, 7) is 0. The van der Waals surface area contributed by atoms with Gasteiger partial charge in [0.2, 0.25) is 0 Å². The van der Waals surface area contributed by atoms with Gasteiger partial charge in [-0.3, -0.25) is 0 Å². The van der Waals surface area contributed by atoms with Crippen LogP contribution in [0, 0.1) is 6.08 Å². The van der Waals surface area contributed by atoms with E-state index in [1.54, 1.807) is 26.5 Å². The quantitative estimate of drug-likeness (QED) is 0.420. The van der Waals surface area contributed by atoms with Gasteiger partial charge >= 0.3 is 6.08 Å². The van der Waals surface area contributed by atoms with Crippen molar-refractivity contribution in [2.75, 3.05) is 0 Å². The van der Waals surface area contributed by atoms with E-state index in [1.165, 1.54) is 9.13 Å². The van der Waals surface area contributed by atoms with Gasteiger partial charge in [-0.25, -0.2) is 9.13 Å². The summed E-state index contributed by atoms with van der Waals surface area (Å²) in [5.41, 5.74) is 0. The number of hydrogen-bond donors (Lipinski definition) is 0. The summed E-state index contributed by atoms with van der Waals surface area (Å²) in [6, 6.07) is 0. The molecule has 0 atom stereocenters. The first-order valence-corrected chi connectivity index (χ1v) is 2.38. The van der Waals surface area contributed by atoms with Crippen molar-refractivity contribution >= 4 is 0 Å². The Morgan fingerprint density at radius 3 is 2.50 bits per heavy atom. The molecule has 0 aromatic carbocycles. The summed E-state index contributed by atoms with van der Waals surface area (Å²) in [5.74, 6) is 0. The molecule has 1 heterocycles. The fraction of sp³-hybridized carbons (Fsp3) is 0.400. The lowest BCUT2D eigenvalue weighted by molar-refractivity contribution is -0.700. The fourth-order valence-corrected chi connectivity index (χ4v) is 0.572. The van der Waals surface area contributed by atoms with Gasteiger partial charge in [-0.2, -0.15) is 0 Å². The highest BCUT2D eigenvalue weighted by molar-refractivity contribution is 4.64. The second-order valence-electron chi connectivity index (χ2n) is 1.79. The molecule has 1 aromatic heterocycles. The number of imidazole rings is 1. The molecule has 0 aliphatic rings. The Morgan fingerprint density at radius 1 is 1.75 bits per heavy atom. The van der Waals surface area contributed by atoms with Gasteiger partial charge in [-0.1, -0.05) is 0 Å². The Kier molecular flexibility index (Phi) is 1.04. The van der Waals surface area contributed by atoms with Crippen LogP contribution in [0.5, 0.6) is 0 Å². The summed E-state index contributed by atoms with van der Waals surface area (Å²) < 4.78 is 15.2. The van der Waals surface area contributed by atoms with Gasteiger partial charge in [-0.15, -0.1) is 4.39 Å². The molecule has 0 aliphatic carbocycles. The first-order valence-electron chi connectivity index (χ1n) is 2.38. The van der Waals surface area contributed by atoms with E-state index in [2.05, 4.69) is 0 Å². The molecule has 0 amide bonds. The maximum atomic E-state index is 12.4. The van der Waals surface area contributed by atoms with Gasteiger partial charge in [0.1, 0.15) is 12.4 Å². The molecular formula is C5H8FN2+. The molecule has 8 heavy (non-hydrogen) atoms. The van der Waals surface area contributed by atoms with E-state index in [1.807, 2.05) is 0 Å². The third-order valence-corrected chi connectivity index (χ3v) is 1.10. The third-order valence-electron chi connectivity index (χ3n) is 1.10. The molecule has 0 fully saturated rings. The Bertz CT molecular complexity index is 173. The van der Waals surface area contributed by atoms with E-state index in [-0.39, 0.29) is 6.08 Å². The van der Waals surface area contributed by atoms with Crippen LogP contribution in [0.3, 0.4) is 0 Å². The van der Waals surface area contributed by atoms with Crippen LogP contribution in [0.25, 0.3) is 0 Å². The SMILES string of the molecule is Cn1cc[n+](C)c1F. The van der Waals surface area contributed by atoms with Crippen molar-refractivity contribution in [3.8, 4) is 0 Å². The number of aromatic nitrogens is 2. The van der Waals surface area contributed by atoms with Crippen LogP contribution in [0.15, 0.2) is 12.4 Å². The van der Waals surface area contributed by atoms with Crippen molar-refractivity contribution in [1.82, 2.24) is 4.57 Å². The van der Waals surface area contributed by atoms with E-state index in [0.717, 1.165) is 0 Å².